The molecule has 2 aromatic heterocycles. The summed E-state index contributed by atoms with van der Waals surface area (Å²) in [6, 6.07) is 8.99. The van der Waals surface area contributed by atoms with Crippen molar-refractivity contribution in [2.75, 3.05) is 20.7 Å². The van der Waals surface area contributed by atoms with Gasteiger partial charge in [-0.05, 0) is 5.56 Å². The van der Waals surface area contributed by atoms with Gasteiger partial charge >= 0.3 is 6.09 Å². The Hall–Kier alpha value is -3.77. The lowest BCUT2D eigenvalue weighted by Gasteiger charge is -2.23. The third-order valence-electron chi connectivity index (χ3n) is 5.62. The molecule has 4 atom stereocenters. The van der Waals surface area contributed by atoms with Crippen molar-refractivity contribution in [1.29, 1.82) is 0 Å². The van der Waals surface area contributed by atoms with Gasteiger partial charge in [0.2, 0.25) is 5.95 Å². The molecular formula is C21H23N7O5. The van der Waals surface area contributed by atoms with Crippen LogP contribution >= 0.6 is 0 Å². The Morgan fingerprint density at radius 3 is 2.79 bits per heavy atom. The van der Waals surface area contributed by atoms with E-state index < -0.39 is 36.1 Å². The molecule has 0 aliphatic carbocycles. The number of amides is 1. The number of aliphatic imine (C=N–C) groups is 1. The van der Waals surface area contributed by atoms with Crippen molar-refractivity contribution in [1.82, 2.24) is 29.3 Å². The maximum Gasteiger partial charge on any atom is 0.411 e. The number of ether oxygens (including phenoxy) is 2. The lowest BCUT2D eigenvalue weighted by atomic mass is 10.1. The van der Waals surface area contributed by atoms with E-state index in [0.29, 0.717) is 6.54 Å². The van der Waals surface area contributed by atoms with Gasteiger partial charge in [0.15, 0.2) is 23.5 Å². The van der Waals surface area contributed by atoms with E-state index in [0.717, 1.165) is 5.56 Å². The summed E-state index contributed by atoms with van der Waals surface area (Å²) in [5.74, 6) is 0.102. The van der Waals surface area contributed by atoms with E-state index >= 15 is 0 Å². The number of aromatic amines is 1. The number of hydrogen-bond donors (Lipinski definition) is 2. The number of aliphatic hydroxyl groups excluding tert-OH is 1. The molecule has 0 spiro atoms. The van der Waals surface area contributed by atoms with Crippen LogP contribution in [-0.2, 0) is 16.0 Å². The second-order valence-electron chi connectivity index (χ2n) is 8.12. The van der Waals surface area contributed by atoms with Gasteiger partial charge in [-0.3, -0.25) is 19.2 Å². The molecule has 0 bridgehead atoms. The summed E-state index contributed by atoms with van der Waals surface area (Å²) in [6.45, 7) is 0.0119. The average Bonchev–Trinajstić information content (AvgIpc) is 3.46. The van der Waals surface area contributed by atoms with E-state index in [9.17, 15) is 14.7 Å². The first-order valence-corrected chi connectivity index (χ1v) is 10.4. The molecule has 33 heavy (non-hydrogen) atoms. The van der Waals surface area contributed by atoms with Gasteiger partial charge in [0.1, 0.15) is 12.1 Å². The highest BCUT2D eigenvalue weighted by Crippen LogP contribution is 2.40. The third-order valence-corrected chi connectivity index (χ3v) is 5.62. The van der Waals surface area contributed by atoms with Crippen molar-refractivity contribution >= 4 is 29.5 Å². The molecule has 2 N–H and O–H groups in total. The molecule has 2 aliphatic heterocycles. The molecule has 12 heteroatoms. The second kappa shape index (κ2) is 8.30. The minimum atomic E-state index is -0.818. The number of H-pyrrole nitrogens is 1. The highest BCUT2D eigenvalue weighted by molar-refractivity contribution is 5.73. The van der Waals surface area contributed by atoms with Gasteiger partial charge in [-0.1, -0.05) is 30.3 Å². The van der Waals surface area contributed by atoms with Gasteiger partial charge < -0.3 is 19.5 Å². The summed E-state index contributed by atoms with van der Waals surface area (Å²) < 4.78 is 13.3. The van der Waals surface area contributed by atoms with Crippen LogP contribution in [0.5, 0.6) is 0 Å². The number of fused-ring (bicyclic) bond motifs is 2. The number of carbonyl (C=O) groups excluding carboxylic acids is 1. The fraction of sp³-hybridized carbons (Fsp3) is 0.381. The first-order valence-electron chi connectivity index (χ1n) is 10.4. The number of aliphatic hydroxyl groups is 1. The van der Waals surface area contributed by atoms with Gasteiger partial charge in [0.05, 0.1) is 19.3 Å². The molecule has 172 valence electrons. The second-order valence-corrected chi connectivity index (χ2v) is 8.12. The highest BCUT2D eigenvalue weighted by Gasteiger charge is 2.57. The molecule has 2 saturated heterocycles. The summed E-state index contributed by atoms with van der Waals surface area (Å²) in [4.78, 5) is 43.8. The van der Waals surface area contributed by atoms with Gasteiger partial charge in [-0.25, -0.2) is 14.8 Å². The van der Waals surface area contributed by atoms with E-state index in [1.165, 1.54) is 12.7 Å². The van der Waals surface area contributed by atoms with Crippen molar-refractivity contribution in [2.24, 2.45) is 4.99 Å². The molecular weight excluding hydrogens is 430 g/mol. The van der Waals surface area contributed by atoms with Crippen LogP contribution in [0.1, 0.15) is 11.8 Å². The van der Waals surface area contributed by atoms with Crippen molar-refractivity contribution < 1.29 is 19.4 Å². The van der Waals surface area contributed by atoms with E-state index in [2.05, 4.69) is 19.9 Å². The zero-order valence-electron chi connectivity index (χ0n) is 18.0. The van der Waals surface area contributed by atoms with Gasteiger partial charge in [0.25, 0.3) is 5.56 Å². The number of nitrogens with one attached hydrogen (secondary N) is 1. The Morgan fingerprint density at radius 2 is 2.06 bits per heavy atom. The molecule has 1 amide bonds. The SMILES string of the molecule is CN(C)C=Nc1nc2c(ncn2[C@@H]2O[C@H](CO)[C@@H]3[C@H]2OC(=O)N3Cc2ccccc2)c(=O)[nH]1. The Bertz CT molecular complexity index is 1250. The minimum Gasteiger partial charge on any atom is -0.439 e. The highest BCUT2D eigenvalue weighted by atomic mass is 16.6. The van der Waals surface area contributed by atoms with Crippen molar-refractivity contribution in [3.8, 4) is 0 Å². The van der Waals surface area contributed by atoms with Gasteiger partial charge in [-0.2, -0.15) is 4.98 Å². The lowest BCUT2D eigenvalue weighted by molar-refractivity contribution is -0.0609. The number of rotatable bonds is 6. The lowest BCUT2D eigenvalue weighted by Crippen LogP contribution is -2.42. The maximum atomic E-state index is 12.7. The first kappa shape index (κ1) is 21.1. The van der Waals surface area contributed by atoms with Gasteiger partial charge in [-0.15, -0.1) is 0 Å². The minimum absolute atomic E-state index is 0.102. The fourth-order valence-corrected chi connectivity index (χ4v) is 4.19. The number of imidazole rings is 1. The van der Waals surface area contributed by atoms with Crippen molar-refractivity contribution in [3.63, 3.8) is 0 Å². The van der Waals surface area contributed by atoms with Crippen LogP contribution in [0.3, 0.4) is 0 Å². The maximum absolute atomic E-state index is 12.7. The Kier molecular flexibility index (Phi) is 5.30. The smallest absolute Gasteiger partial charge is 0.411 e. The Morgan fingerprint density at radius 1 is 1.27 bits per heavy atom. The van der Waals surface area contributed by atoms with E-state index in [4.69, 9.17) is 9.47 Å². The van der Waals surface area contributed by atoms with Crippen molar-refractivity contribution in [3.05, 3.63) is 52.6 Å². The topological polar surface area (TPSA) is 138 Å². The summed E-state index contributed by atoms with van der Waals surface area (Å²) in [6.07, 6.45) is 0.219. The van der Waals surface area contributed by atoms with E-state index in [-0.39, 0.29) is 23.7 Å². The van der Waals surface area contributed by atoms with Gasteiger partial charge in [0, 0.05) is 20.6 Å². The largest absolute Gasteiger partial charge is 0.439 e. The first-order chi connectivity index (χ1) is 16.0. The number of hydrogen-bond acceptors (Lipinski definition) is 8. The summed E-state index contributed by atoms with van der Waals surface area (Å²) in [7, 11) is 3.59. The zero-order valence-corrected chi connectivity index (χ0v) is 18.0. The predicted octanol–water partition coefficient (Wildman–Crippen LogP) is 0.620. The molecule has 12 nitrogen and oxygen atoms in total. The number of carbonyl (C=O) groups is 1. The quantitative estimate of drug-likeness (QED) is 0.409. The van der Waals surface area contributed by atoms with Crippen LogP contribution in [0, 0.1) is 0 Å². The Labute approximate surface area is 188 Å². The van der Waals surface area contributed by atoms with Crippen molar-refractivity contribution in [2.45, 2.75) is 31.0 Å². The monoisotopic (exact) mass is 453 g/mol. The van der Waals surface area contributed by atoms with E-state index in [1.807, 2.05) is 30.3 Å². The molecule has 2 aliphatic rings. The number of nitrogens with zero attached hydrogens (tertiary/aromatic N) is 6. The molecule has 0 unspecified atom stereocenters. The number of aromatic nitrogens is 4. The molecule has 0 saturated carbocycles. The molecule has 2 fully saturated rings. The molecule has 5 rings (SSSR count). The fourth-order valence-electron chi connectivity index (χ4n) is 4.19. The zero-order chi connectivity index (χ0) is 23.1. The summed E-state index contributed by atoms with van der Waals surface area (Å²) >= 11 is 0. The Balaban J connectivity index is 1.50. The molecule has 0 radical (unpaired) electrons. The predicted molar refractivity (Wildman–Crippen MR) is 117 cm³/mol. The average molecular weight is 453 g/mol. The third kappa shape index (κ3) is 3.72. The van der Waals surface area contributed by atoms with Crippen LogP contribution in [0.25, 0.3) is 11.2 Å². The standard InChI is InChI=1S/C21H23N7O5/c1-26(2)10-23-20-24-17-14(18(30)25-20)22-11-28(17)19-16-15(13(9-29)32-19)27(21(31)33-16)8-12-6-4-3-5-7-12/h3-7,10-11,13,15-16,19,29H,8-9H2,1-2H3,(H,24,25,30)/t13-,15-,16-,19-/m1/s1. The van der Waals surface area contributed by atoms with Crippen LogP contribution < -0.4 is 5.56 Å². The normalized spacial score (nSPS) is 24.6. The van der Waals surface area contributed by atoms with Crippen LogP contribution in [0.2, 0.25) is 0 Å². The summed E-state index contributed by atoms with van der Waals surface area (Å²) in [5, 5.41) is 9.98. The number of benzene rings is 1. The van der Waals surface area contributed by atoms with Crippen LogP contribution in [0.15, 0.2) is 46.4 Å². The molecule has 1 aromatic carbocycles. The van der Waals surface area contributed by atoms with Crippen LogP contribution in [-0.4, -0.2) is 85.8 Å². The summed E-state index contributed by atoms with van der Waals surface area (Å²) in [5.41, 5.74) is 0.827. The molecule has 4 heterocycles. The molecule has 3 aromatic rings. The van der Waals surface area contributed by atoms with E-state index in [1.54, 1.807) is 28.5 Å². The van der Waals surface area contributed by atoms with Crippen LogP contribution in [0.4, 0.5) is 10.7 Å².